The summed E-state index contributed by atoms with van der Waals surface area (Å²) in [5.41, 5.74) is 2.11. The van der Waals surface area contributed by atoms with Crippen LogP contribution in [0.1, 0.15) is 35.2 Å². The van der Waals surface area contributed by atoms with Gasteiger partial charge in [0.05, 0.1) is 5.41 Å². The Morgan fingerprint density at radius 1 is 1.09 bits per heavy atom. The first-order valence-corrected chi connectivity index (χ1v) is 7.54. The van der Waals surface area contributed by atoms with Gasteiger partial charge in [-0.2, -0.15) is 13.2 Å². The highest BCUT2D eigenvalue weighted by Gasteiger charge is 2.64. The zero-order valence-corrected chi connectivity index (χ0v) is 13.3. The molecule has 122 valence electrons. The number of pyridine rings is 1. The minimum absolute atomic E-state index is 0.0753. The third-order valence-corrected chi connectivity index (χ3v) is 4.89. The third kappa shape index (κ3) is 2.48. The summed E-state index contributed by atoms with van der Waals surface area (Å²) in [6.07, 6.45) is -3.92. The van der Waals surface area contributed by atoms with Crippen molar-refractivity contribution in [3.05, 3.63) is 56.9 Å². The molecule has 1 saturated carbocycles. The Morgan fingerprint density at radius 3 is 2.22 bits per heavy atom. The van der Waals surface area contributed by atoms with E-state index in [1.54, 1.807) is 26.0 Å². The van der Waals surface area contributed by atoms with Crippen LogP contribution in [-0.4, -0.2) is 11.2 Å². The average molecular weight is 321 g/mol. The van der Waals surface area contributed by atoms with Gasteiger partial charge < -0.3 is 4.98 Å². The lowest BCUT2D eigenvalue weighted by Crippen LogP contribution is -2.28. The Balaban J connectivity index is 2.06. The van der Waals surface area contributed by atoms with Gasteiger partial charge in [0.25, 0.3) is 0 Å². The van der Waals surface area contributed by atoms with Crippen molar-refractivity contribution in [2.45, 2.75) is 45.2 Å². The summed E-state index contributed by atoms with van der Waals surface area (Å²) >= 11 is 0. The first-order chi connectivity index (χ1) is 10.7. The van der Waals surface area contributed by atoms with Crippen molar-refractivity contribution < 1.29 is 13.2 Å². The number of benzene rings is 1. The number of aromatic amines is 1. The molecule has 2 aromatic rings. The highest BCUT2D eigenvalue weighted by molar-refractivity contribution is 5.65. The van der Waals surface area contributed by atoms with Crippen molar-refractivity contribution in [1.29, 1.82) is 0 Å². The van der Waals surface area contributed by atoms with Crippen molar-refractivity contribution in [3.8, 4) is 11.3 Å². The number of rotatable bonds is 2. The smallest absolute Gasteiger partial charge is 0.358 e. The molecular weight excluding hydrogens is 303 g/mol. The maximum absolute atomic E-state index is 13.2. The number of H-pyrrole nitrogens is 1. The molecular formula is C18H18F3NO. The minimum Gasteiger partial charge on any atom is -0.358 e. The van der Waals surface area contributed by atoms with E-state index in [2.05, 4.69) is 4.98 Å². The number of aromatic nitrogens is 1. The van der Waals surface area contributed by atoms with Crippen molar-refractivity contribution in [1.82, 2.24) is 4.98 Å². The van der Waals surface area contributed by atoms with E-state index in [1.165, 1.54) is 12.1 Å². The summed E-state index contributed by atoms with van der Waals surface area (Å²) in [5.74, 6) is 0. The molecule has 0 aliphatic heterocycles. The van der Waals surface area contributed by atoms with E-state index in [9.17, 15) is 18.0 Å². The first-order valence-electron chi connectivity index (χ1n) is 7.54. The number of hydrogen-bond acceptors (Lipinski definition) is 1. The van der Waals surface area contributed by atoms with E-state index in [4.69, 9.17) is 0 Å². The number of aryl methyl sites for hydroxylation is 2. The molecule has 1 aliphatic carbocycles. The van der Waals surface area contributed by atoms with E-state index in [-0.39, 0.29) is 18.3 Å². The standard InChI is InChI=1S/C18H18F3NO/c1-10-8-13(17(6-7-17)18(19,20)21)4-5-14(10)15-9-16(23)11(2)12(3)22-15/h4-5,8-9H,6-7H2,1-3H3,(H,22,23). The number of hydrogen-bond donors (Lipinski definition) is 1. The van der Waals surface area contributed by atoms with E-state index in [0.29, 0.717) is 16.8 Å². The van der Waals surface area contributed by atoms with Crippen LogP contribution in [0.4, 0.5) is 13.2 Å². The maximum atomic E-state index is 13.2. The van der Waals surface area contributed by atoms with Gasteiger partial charge in [-0.05, 0) is 44.7 Å². The second-order valence-corrected chi connectivity index (χ2v) is 6.41. The molecule has 1 N–H and O–H groups in total. The zero-order chi connectivity index (χ0) is 17.0. The Kier molecular flexibility index (Phi) is 3.43. The quantitative estimate of drug-likeness (QED) is 0.864. The molecule has 1 aliphatic rings. The van der Waals surface area contributed by atoms with Gasteiger partial charge in [-0.25, -0.2) is 0 Å². The fourth-order valence-corrected chi connectivity index (χ4v) is 3.03. The molecule has 0 atom stereocenters. The van der Waals surface area contributed by atoms with Crippen LogP contribution < -0.4 is 5.43 Å². The fourth-order valence-electron chi connectivity index (χ4n) is 3.03. The van der Waals surface area contributed by atoms with Gasteiger partial charge in [-0.15, -0.1) is 0 Å². The van der Waals surface area contributed by atoms with Crippen LogP contribution in [0.25, 0.3) is 11.3 Å². The molecule has 0 unspecified atom stereocenters. The Morgan fingerprint density at radius 2 is 1.74 bits per heavy atom. The average Bonchev–Trinajstić information content (AvgIpc) is 3.25. The van der Waals surface area contributed by atoms with Crippen LogP contribution in [0.15, 0.2) is 29.1 Å². The van der Waals surface area contributed by atoms with Crippen LogP contribution >= 0.6 is 0 Å². The topological polar surface area (TPSA) is 32.9 Å². The lowest BCUT2D eigenvalue weighted by molar-refractivity contribution is -0.160. The monoisotopic (exact) mass is 321 g/mol. The largest absolute Gasteiger partial charge is 0.398 e. The van der Waals surface area contributed by atoms with Gasteiger partial charge in [0.1, 0.15) is 0 Å². The first kappa shape index (κ1) is 15.8. The normalized spacial score (nSPS) is 16.4. The van der Waals surface area contributed by atoms with Gasteiger partial charge in [-0.3, -0.25) is 4.79 Å². The van der Waals surface area contributed by atoms with Crippen molar-refractivity contribution >= 4 is 0 Å². The van der Waals surface area contributed by atoms with Crippen LogP contribution in [0, 0.1) is 20.8 Å². The predicted octanol–water partition coefficient (Wildman–Crippen LogP) is 4.56. The molecule has 23 heavy (non-hydrogen) atoms. The predicted molar refractivity (Wildman–Crippen MR) is 83.7 cm³/mol. The number of nitrogens with one attached hydrogen (secondary N) is 1. The molecule has 0 amide bonds. The highest BCUT2D eigenvalue weighted by atomic mass is 19.4. The molecule has 0 spiro atoms. The molecule has 1 fully saturated rings. The summed E-state index contributed by atoms with van der Waals surface area (Å²) in [4.78, 5) is 15.1. The fraction of sp³-hybridized carbons (Fsp3) is 0.389. The van der Waals surface area contributed by atoms with Crippen LogP contribution in [-0.2, 0) is 5.41 Å². The molecule has 1 aromatic carbocycles. The van der Waals surface area contributed by atoms with Crippen molar-refractivity contribution in [2.24, 2.45) is 0 Å². The van der Waals surface area contributed by atoms with Crippen LogP contribution in [0.5, 0.6) is 0 Å². The van der Waals surface area contributed by atoms with Gasteiger partial charge >= 0.3 is 6.18 Å². The number of alkyl halides is 3. The maximum Gasteiger partial charge on any atom is 0.398 e. The second kappa shape index (κ2) is 4.98. The summed E-state index contributed by atoms with van der Waals surface area (Å²) in [5, 5.41) is 0. The minimum atomic E-state index is -4.21. The third-order valence-electron chi connectivity index (χ3n) is 4.89. The van der Waals surface area contributed by atoms with Gasteiger partial charge in [-0.1, -0.05) is 18.2 Å². The lowest BCUT2D eigenvalue weighted by Gasteiger charge is -2.21. The molecule has 5 heteroatoms. The highest BCUT2D eigenvalue weighted by Crippen LogP contribution is 2.59. The Hall–Kier alpha value is -2.04. The van der Waals surface area contributed by atoms with Gasteiger partial charge in [0.15, 0.2) is 5.43 Å². The molecule has 3 rings (SSSR count). The molecule has 1 heterocycles. The van der Waals surface area contributed by atoms with E-state index >= 15 is 0 Å². The number of halogens is 3. The molecule has 0 bridgehead atoms. The Labute approximate surface area is 132 Å². The summed E-state index contributed by atoms with van der Waals surface area (Å²) in [7, 11) is 0. The van der Waals surface area contributed by atoms with Crippen LogP contribution in [0.3, 0.4) is 0 Å². The Bertz CT molecular complexity index is 829. The molecule has 0 radical (unpaired) electrons. The summed E-state index contributed by atoms with van der Waals surface area (Å²) in [6.45, 7) is 5.33. The zero-order valence-electron chi connectivity index (χ0n) is 13.3. The van der Waals surface area contributed by atoms with E-state index < -0.39 is 11.6 Å². The van der Waals surface area contributed by atoms with Crippen molar-refractivity contribution in [2.75, 3.05) is 0 Å². The summed E-state index contributed by atoms with van der Waals surface area (Å²) < 4.78 is 39.7. The van der Waals surface area contributed by atoms with E-state index in [1.807, 2.05) is 6.92 Å². The van der Waals surface area contributed by atoms with E-state index in [0.717, 1.165) is 16.8 Å². The summed E-state index contributed by atoms with van der Waals surface area (Å²) in [6, 6.07) is 6.32. The SMILES string of the molecule is Cc1cc(C2(C(F)(F)F)CC2)ccc1-c1cc(=O)c(C)c(C)[nH]1. The molecule has 2 nitrogen and oxygen atoms in total. The lowest BCUT2D eigenvalue weighted by atomic mass is 9.91. The van der Waals surface area contributed by atoms with Crippen LogP contribution in [0.2, 0.25) is 0 Å². The molecule has 0 saturated heterocycles. The second-order valence-electron chi connectivity index (χ2n) is 6.41. The van der Waals surface area contributed by atoms with Gasteiger partial charge in [0.2, 0.25) is 0 Å². The van der Waals surface area contributed by atoms with Crippen molar-refractivity contribution in [3.63, 3.8) is 0 Å². The molecule has 1 aromatic heterocycles. The van der Waals surface area contributed by atoms with Gasteiger partial charge in [0, 0.05) is 28.6 Å².